The molecule has 0 aliphatic carbocycles. The highest BCUT2D eigenvalue weighted by molar-refractivity contribution is 5.90. The number of rotatable bonds is 0. The van der Waals surface area contributed by atoms with E-state index < -0.39 is 0 Å². The molecule has 0 saturated heterocycles. The molecule has 0 saturated carbocycles. The predicted molar refractivity (Wildman–Crippen MR) is 203 cm³/mol. The van der Waals surface area contributed by atoms with Gasteiger partial charge in [0.2, 0.25) is 0 Å². The third-order valence-electron chi connectivity index (χ3n) is 9.36. The molecule has 2 N–H and O–H groups in total. The fraction of sp³-hybridized carbons (Fsp3) is 0.256. The van der Waals surface area contributed by atoms with E-state index >= 15 is 0 Å². The summed E-state index contributed by atoms with van der Waals surface area (Å²) < 4.78 is 12.6. The zero-order valence-electron chi connectivity index (χ0n) is 29.3. The van der Waals surface area contributed by atoms with Crippen molar-refractivity contribution in [2.75, 3.05) is 26.3 Å². The Morgan fingerprint density at radius 2 is 0.941 bits per heavy atom. The van der Waals surface area contributed by atoms with E-state index in [-0.39, 0.29) is 11.5 Å². The van der Waals surface area contributed by atoms with Gasteiger partial charge in [0.25, 0.3) is 0 Å². The van der Waals surface area contributed by atoms with Gasteiger partial charge in [-0.3, -0.25) is 19.8 Å². The monoisotopic (exact) mass is 680 g/mol. The highest BCUT2D eigenvalue weighted by Crippen LogP contribution is 2.33. The van der Waals surface area contributed by atoms with Gasteiger partial charge in [0.05, 0.1) is 11.4 Å². The molecule has 2 heterocycles. The average molecular weight is 681 g/mol. The van der Waals surface area contributed by atoms with Crippen LogP contribution in [-0.2, 0) is 26.2 Å². The zero-order chi connectivity index (χ0) is 35.2. The minimum absolute atomic E-state index is 0.218. The van der Waals surface area contributed by atoms with Crippen molar-refractivity contribution < 1.29 is 19.7 Å². The number of benzene rings is 5. The average Bonchev–Trinajstić information content (AvgIpc) is 3.13. The van der Waals surface area contributed by atoms with Crippen molar-refractivity contribution in [1.29, 1.82) is 0 Å². The summed E-state index contributed by atoms with van der Waals surface area (Å²) in [6, 6.07) is 32.0. The van der Waals surface area contributed by atoms with E-state index in [1.165, 1.54) is 0 Å². The standard InChI is InChI=1S/C43H44N4O4/c1-30-20-34-24-44-38-12-5-6-13-39(38)45-25-35-21-31(2)23-37(43(35)49)29-47-17-9-16-46(28-36(22-30)42(34)48)26-32-10-3-7-14-40(32)50-18-19-51-41-15-8-4-11-33(41)27-47/h3-8,10-15,20-25,48-49H,9,16-19,26-29H2,1-2H3. The molecule has 2 aliphatic rings. The predicted octanol–water partition coefficient (Wildman–Crippen LogP) is 8.40. The number of nitrogens with zero attached hydrogens (tertiary/aromatic N) is 4. The molecule has 51 heavy (non-hydrogen) atoms. The molecule has 5 aromatic rings. The van der Waals surface area contributed by atoms with Gasteiger partial charge < -0.3 is 19.7 Å². The number of ether oxygens (including phenoxy) is 2. The molecule has 0 spiro atoms. The number of phenolic OH excluding ortho intramolecular Hbond substituents is 2. The van der Waals surface area contributed by atoms with Crippen molar-refractivity contribution in [1.82, 2.24) is 9.80 Å². The van der Waals surface area contributed by atoms with Crippen LogP contribution in [0.25, 0.3) is 0 Å². The van der Waals surface area contributed by atoms with Gasteiger partial charge in [-0.15, -0.1) is 0 Å². The molecule has 0 aromatic heterocycles. The largest absolute Gasteiger partial charge is 0.507 e. The van der Waals surface area contributed by atoms with Gasteiger partial charge in [-0.1, -0.05) is 60.7 Å². The van der Waals surface area contributed by atoms with E-state index in [2.05, 4.69) is 34.1 Å². The number of hydrogen-bond donors (Lipinski definition) is 2. The summed E-state index contributed by atoms with van der Waals surface area (Å²) in [6.45, 7) is 8.79. The summed E-state index contributed by atoms with van der Waals surface area (Å²) in [5, 5.41) is 23.3. The molecular weight excluding hydrogens is 636 g/mol. The van der Waals surface area contributed by atoms with Gasteiger partial charge in [-0.05, 0) is 67.8 Å². The zero-order valence-corrected chi connectivity index (χ0v) is 29.3. The second-order valence-corrected chi connectivity index (χ2v) is 13.4. The second-order valence-electron chi connectivity index (χ2n) is 13.4. The first-order chi connectivity index (χ1) is 24.9. The molecular formula is C43H44N4O4. The van der Waals surface area contributed by atoms with E-state index in [0.717, 1.165) is 64.4 Å². The number of phenols is 2. The van der Waals surface area contributed by atoms with Gasteiger partial charge in [0.15, 0.2) is 0 Å². The van der Waals surface area contributed by atoms with Gasteiger partial charge in [-0.2, -0.15) is 0 Å². The summed E-state index contributed by atoms with van der Waals surface area (Å²) in [6.07, 6.45) is 4.27. The molecule has 260 valence electrons. The highest BCUT2D eigenvalue weighted by Gasteiger charge is 2.19. The molecule has 0 fully saturated rings. The Morgan fingerprint density at radius 3 is 1.41 bits per heavy atom. The third kappa shape index (κ3) is 8.31. The maximum atomic E-state index is 11.6. The first-order valence-electron chi connectivity index (χ1n) is 17.6. The molecule has 8 heteroatoms. The lowest BCUT2D eigenvalue weighted by atomic mass is 10.0. The molecule has 2 unspecified atom stereocenters. The Balaban J connectivity index is 1.35. The van der Waals surface area contributed by atoms with Crippen LogP contribution >= 0.6 is 0 Å². The summed E-state index contributed by atoms with van der Waals surface area (Å²) in [4.78, 5) is 14.3. The number of para-hydroxylation sites is 4. The van der Waals surface area contributed by atoms with Crippen LogP contribution in [0.3, 0.4) is 0 Å². The minimum atomic E-state index is 0.218. The van der Waals surface area contributed by atoms with Crippen molar-refractivity contribution in [2.24, 2.45) is 9.98 Å². The van der Waals surface area contributed by atoms with Gasteiger partial charge >= 0.3 is 0 Å². The lowest BCUT2D eigenvalue weighted by Crippen LogP contribution is -2.30. The fourth-order valence-electron chi connectivity index (χ4n) is 6.93. The Labute approximate surface area is 300 Å². The minimum Gasteiger partial charge on any atom is -0.507 e. The molecule has 5 aromatic carbocycles. The Kier molecular flexibility index (Phi) is 10.4. The maximum Gasteiger partial charge on any atom is 0.128 e. The number of fused-ring (bicyclic) bond motifs is 11. The fourth-order valence-corrected chi connectivity index (χ4v) is 6.93. The highest BCUT2D eigenvalue weighted by atomic mass is 16.5. The first kappa shape index (κ1) is 34.0. The Hall–Kier alpha value is -5.44. The van der Waals surface area contributed by atoms with E-state index in [4.69, 9.17) is 19.5 Å². The summed E-state index contributed by atoms with van der Waals surface area (Å²) >= 11 is 0. The van der Waals surface area contributed by atoms with Gasteiger partial charge in [0, 0.05) is 85.1 Å². The smallest absolute Gasteiger partial charge is 0.128 e. The van der Waals surface area contributed by atoms with Crippen LogP contribution in [0.4, 0.5) is 11.4 Å². The normalized spacial score (nSPS) is 18.0. The van der Waals surface area contributed by atoms with Crippen LogP contribution in [0, 0.1) is 13.8 Å². The lowest BCUT2D eigenvalue weighted by molar-refractivity contribution is 0.203. The maximum absolute atomic E-state index is 11.6. The Bertz CT molecular complexity index is 1930. The summed E-state index contributed by atoms with van der Waals surface area (Å²) in [5.41, 5.74) is 8.53. The quantitative estimate of drug-likeness (QED) is 0.171. The van der Waals surface area contributed by atoms with Gasteiger partial charge in [0.1, 0.15) is 36.2 Å². The van der Waals surface area contributed by atoms with Crippen LogP contribution in [0.2, 0.25) is 0 Å². The Morgan fingerprint density at radius 1 is 0.529 bits per heavy atom. The summed E-state index contributed by atoms with van der Waals surface area (Å²) in [5.74, 6) is 2.09. The van der Waals surface area contributed by atoms with Crippen molar-refractivity contribution in [2.45, 2.75) is 46.4 Å². The SMILES string of the molecule is Cc1cc2c(O)c(c1)CN1CCCN(Cc3ccccc3OCCOc3ccccc3C1)Cc1cc(C)cc(c1O)C=Nc1ccccc1N=C2. The van der Waals surface area contributed by atoms with Crippen LogP contribution in [-0.4, -0.2) is 58.7 Å². The van der Waals surface area contributed by atoms with Crippen molar-refractivity contribution in [3.63, 3.8) is 0 Å². The van der Waals surface area contributed by atoms with Crippen LogP contribution in [0.5, 0.6) is 23.0 Å². The van der Waals surface area contributed by atoms with E-state index in [0.29, 0.717) is 61.9 Å². The lowest BCUT2D eigenvalue weighted by Gasteiger charge is -2.28. The number of aromatic hydroxyl groups is 2. The molecule has 0 amide bonds. The van der Waals surface area contributed by atoms with E-state index in [1.807, 2.05) is 86.6 Å². The van der Waals surface area contributed by atoms with Crippen molar-refractivity contribution in [3.05, 3.63) is 142 Å². The van der Waals surface area contributed by atoms with E-state index in [9.17, 15) is 10.2 Å². The summed E-state index contributed by atoms with van der Waals surface area (Å²) in [7, 11) is 0. The van der Waals surface area contributed by atoms with Crippen LogP contribution in [0.15, 0.2) is 107 Å². The molecule has 2 aliphatic heterocycles. The van der Waals surface area contributed by atoms with Crippen molar-refractivity contribution in [3.8, 4) is 23.0 Å². The van der Waals surface area contributed by atoms with E-state index in [1.54, 1.807) is 12.4 Å². The molecule has 0 radical (unpaired) electrons. The number of hydrogen-bond acceptors (Lipinski definition) is 8. The van der Waals surface area contributed by atoms with Crippen LogP contribution in [0.1, 0.15) is 50.9 Å². The molecule has 8 nitrogen and oxygen atoms in total. The topological polar surface area (TPSA) is 90.1 Å². The second kappa shape index (κ2) is 15.6. The van der Waals surface area contributed by atoms with Gasteiger partial charge in [-0.25, -0.2) is 0 Å². The number of aliphatic imine (C=N–C) groups is 2. The van der Waals surface area contributed by atoms with Crippen LogP contribution < -0.4 is 9.47 Å². The third-order valence-corrected chi connectivity index (χ3v) is 9.36. The molecule has 6 bridgehead atoms. The first-order valence-corrected chi connectivity index (χ1v) is 17.6. The van der Waals surface area contributed by atoms with Crippen molar-refractivity contribution >= 4 is 23.8 Å². The number of aryl methyl sites for hydroxylation is 2. The molecule has 2 atom stereocenters. The molecule has 7 rings (SSSR count).